The zero-order valence-electron chi connectivity index (χ0n) is 12.5. The molecule has 104 valence electrons. The summed E-state index contributed by atoms with van der Waals surface area (Å²) in [6, 6.07) is 0. The minimum absolute atomic E-state index is 0.0518. The molecule has 1 aromatic rings. The quantitative estimate of drug-likeness (QED) is 0.845. The predicted molar refractivity (Wildman–Crippen MR) is 76.0 cm³/mol. The number of amides is 1. The van der Waals surface area contributed by atoms with Crippen molar-refractivity contribution in [2.24, 2.45) is 0 Å². The molecule has 0 radical (unpaired) electrons. The maximum Gasteiger partial charge on any atom is 0.231 e. The number of carbonyl (C=O) groups excluding carboxylic acids is 1. The Labute approximate surface area is 114 Å². The van der Waals surface area contributed by atoms with E-state index in [0.29, 0.717) is 0 Å². The molecule has 1 aromatic heterocycles. The van der Waals surface area contributed by atoms with E-state index in [1.54, 1.807) is 0 Å². The number of aryl methyl sites for hydroxylation is 1. The lowest BCUT2D eigenvalue weighted by molar-refractivity contribution is -0.122. The van der Waals surface area contributed by atoms with Crippen molar-refractivity contribution in [2.45, 2.75) is 58.9 Å². The van der Waals surface area contributed by atoms with Crippen LogP contribution in [0.3, 0.4) is 0 Å². The van der Waals surface area contributed by atoms with Crippen molar-refractivity contribution in [3.63, 3.8) is 0 Å². The molecule has 2 rings (SSSR count). The zero-order valence-corrected chi connectivity index (χ0v) is 12.5. The highest BCUT2D eigenvalue weighted by Gasteiger charge is 2.32. The Balaban J connectivity index is 2.43. The van der Waals surface area contributed by atoms with Crippen LogP contribution >= 0.6 is 0 Å². The Morgan fingerprint density at radius 1 is 1.37 bits per heavy atom. The summed E-state index contributed by atoms with van der Waals surface area (Å²) in [5, 5.41) is 7.48. The van der Waals surface area contributed by atoms with Gasteiger partial charge >= 0.3 is 0 Å². The second-order valence-corrected chi connectivity index (χ2v) is 6.35. The number of rotatable bonds is 1. The maximum atomic E-state index is 12.2. The normalized spacial score (nSPS) is 20.6. The van der Waals surface area contributed by atoms with Gasteiger partial charge < -0.3 is 5.32 Å². The highest BCUT2D eigenvalue weighted by Crippen LogP contribution is 2.33. The fourth-order valence-corrected chi connectivity index (χ4v) is 2.86. The molecule has 2 heterocycles. The first kappa shape index (κ1) is 13.8. The van der Waals surface area contributed by atoms with Crippen molar-refractivity contribution in [1.29, 1.82) is 0 Å². The van der Waals surface area contributed by atoms with Crippen LogP contribution in [0, 0.1) is 13.8 Å². The average molecular weight is 261 g/mol. The molecule has 1 aliphatic rings. The fraction of sp³-hybridized carbons (Fsp3) is 0.600. The van der Waals surface area contributed by atoms with Gasteiger partial charge in [0.1, 0.15) is 0 Å². The predicted octanol–water partition coefficient (Wildman–Crippen LogP) is 2.76. The molecule has 1 unspecified atom stereocenters. The molecule has 0 bridgehead atoms. The number of hydrogen-bond donors (Lipinski definition) is 1. The molecule has 1 fully saturated rings. The Hall–Kier alpha value is -1.58. The highest BCUT2D eigenvalue weighted by molar-refractivity contribution is 5.86. The van der Waals surface area contributed by atoms with E-state index >= 15 is 0 Å². The van der Waals surface area contributed by atoms with Crippen LogP contribution < -0.4 is 5.32 Å². The Bertz CT molecular complexity index is 534. The van der Waals surface area contributed by atoms with Gasteiger partial charge in [0.2, 0.25) is 5.91 Å². The lowest BCUT2D eigenvalue weighted by atomic mass is 9.88. The number of carbonyl (C=O) groups is 1. The van der Waals surface area contributed by atoms with Gasteiger partial charge in [0.05, 0.1) is 17.2 Å². The van der Waals surface area contributed by atoms with Gasteiger partial charge in [-0.2, -0.15) is 5.10 Å². The SMILES string of the molecule is C=C1CCC(c2c(C)nn(C(C)(C)C)c2C)C(=O)N1. The third-order valence-corrected chi connectivity index (χ3v) is 3.68. The number of allylic oxidation sites excluding steroid dienone is 1. The van der Waals surface area contributed by atoms with E-state index in [1.165, 1.54) is 0 Å². The summed E-state index contributed by atoms with van der Waals surface area (Å²) >= 11 is 0. The third kappa shape index (κ3) is 2.44. The summed E-state index contributed by atoms with van der Waals surface area (Å²) in [5.74, 6) is -0.0440. The second-order valence-electron chi connectivity index (χ2n) is 6.35. The zero-order chi connectivity index (χ0) is 14.4. The van der Waals surface area contributed by atoms with Gasteiger partial charge in [-0.25, -0.2) is 0 Å². The van der Waals surface area contributed by atoms with Gasteiger partial charge in [0.25, 0.3) is 0 Å². The van der Waals surface area contributed by atoms with E-state index in [4.69, 9.17) is 0 Å². The van der Waals surface area contributed by atoms with Crippen LogP contribution in [0.1, 0.15) is 56.5 Å². The van der Waals surface area contributed by atoms with E-state index in [2.05, 4.69) is 44.7 Å². The molecule has 1 amide bonds. The van der Waals surface area contributed by atoms with Crippen LogP contribution in [0.25, 0.3) is 0 Å². The first-order valence-corrected chi connectivity index (χ1v) is 6.77. The molecule has 0 aromatic carbocycles. The van der Waals surface area contributed by atoms with Crippen LogP contribution in [0.5, 0.6) is 0 Å². The molecule has 4 nitrogen and oxygen atoms in total. The largest absolute Gasteiger partial charge is 0.330 e. The number of nitrogens with one attached hydrogen (secondary N) is 1. The third-order valence-electron chi connectivity index (χ3n) is 3.68. The van der Waals surface area contributed by atoms with Crippen molar-refractivity contribution < 1.29 is 4.79 Å². The molecule has 1 N–H and O–H groups in total. The molecule has 1 atom stereocenters. The molecular weight excluding hydrogens is 238 g/mol. The van der Waals surface area contributed by atoms with Gasteiger partial charge in [0.15, 0.2) is 0 Å². The smallest absolute Gasteiger partial charge is 0.231 e. The van der Waals surface area contributed by atoms with Crippen molar-refractivity contribution in [1.82, 2.24) is 15.1 Å². The summed E-state index contributed by atoms with van der Waals surface area (Å²) < 4.78 is 2.02. The summed E-state index contributed by atoms with van der Waals surface area (Å²) in [6.45, 7) is 14.2. The van der Waals surface area contributed by atoms with Crippen LogP contribution in [0.2, 0.25) is 0 Å². The van der Waals surface area contributed by atoms with Crippen LogP contribution in [-0.4, -0.2) is 15.7 Å². The van der Waals surface area contributed by atoms with Gasteiger partial charge in [-0.3, -0.25) is 9.48 Å². The Morgan fingerprint density at radius 3 is 2.47 bits per heavy atom. The molecule has 0 saturated carbocycles. The molecule has 0 aliphatic carbocycles. The van der Waals surface area contributed by atoms with Crippen molar-refractivity contribution in [3.8, 4) is 0 Å². The molecular formula is C15H23N3O. The molecule has 1 saturated heterocycles. The van der Waals surface area contributed by atoms with Crippen molar-refractivity contribution in [2.75, 3.05) is 0 Å². The van der Waals surface area contributed by atoms with E-state index < -0.39 is 0 Å². The lowest BCUT2D eigenvalue weighted by Crippen LogP contribution is -2.34. The second kappa shape index (κ2) is 4.51. The number of aromatic nitrogens is 2. The Morgan fingerprint density at radius 2 is 2.00 bits per heavy atom. The Kier molecular flexibility index (Phi) is 3.29. The maximum absolute atomic E-state index is 12.2. The summed E-state index contributed by atoms with van der Waals surface area (Å²) in [6.07, 6.45) is 1.66. The summed E-state index contributed by atoms with van der Waals surface area (Å²) in [5.41, 5.74) is 3.89. The van der Waals surface area contributed by atoms with Crippen LogP contribution in [0.15, 0.2) is 12.3 Å². The topological polar surface area (TPSA) is 46.9 Å². The molecule has 0 spiro atoms. The highest BCUT2D eigenvalue weighted by atomic mass is 16.2. The molecule has 1 aliphatic heterocycles. The van der Waals surface area contributed by atoms with Crippen molar-refractivity contribution in [3.05, 3.63) is 29.2 Å². The lowest BCUT2D eigenvalue weighted by Gasteiger charge is -2.25. The van der Waals surface area contributed by atoms with Gasteiger partial charge in [0, 0.05) is 17.0 Å². The standard InChI is InChI=1S/C15H23N3O/c1-9-7-8-12(14(19)16-9)13-10(2)17-18(11(13)3)15(4,5)6/h12H,1,7-8H2,2-6H3,(H,16,19). The van der Waals surface area contributed by atoms with E-state index in [9.17, 15) is 4.79 Å². The average Bonchev–Trinajstić information content (AvgIpc) is 2.55. The molecule has 4 heteroatoms. The van der Waals surface area contributed by atoms with E-state index in [0.717, 1.165) is 35.5 Å². The van der Waals surface area contributed by atoms with Gasteiger partial charge in [-0.15, -0.1) is 0 Å². The minimum atomic E-state index is -0.0957. The van der Waals surface area contributed by atoms with E-state index in [1.807, 2.05) is 11.6 Å². The number of hydrogen-bond acceptors (Lipinski definition) is 2. The first-order valence-electron chi connectivity index (χ1n) is 6.77. The van der Waals surface area contributed by atoms with Gasteiger partial charge in [-0.05, 0) is 47.5 Å². The minimum Gasteiger partial charge on any atom is -0.330 e. The number of nitrogens with zero attached hydrogens (tertiary/aromatic N) is 2. The summed E-state index contributed by atoms with van der Waals surface area (Å²) in [4.78, 5) is 12.2. The summed E-state index contributed by atoms with van der Waals surface area (Å²) in [7, 11) is 0. The fourth-order valence-electron chi connectivity index (χ4n) is 2.86. The van der Waals surface area contributed by atoms with Crippen LogP contribution in [0.4, 0.5) is 0 Å². The van der Waals surface area contributed by atoms with Crippen molar-refractivity contribution >= 4 is 5.91 Å². The van der Waals surface area contributed by atoms with E-state index in [-0.39, 0.29) is 17.4 Å². The number of piperidine rings is 1. The van der Waals surface area contributed by atoms with Gasteiger partial charge in [-0.1, -0.05) is 6.58 Å². The van der Waals surface area contributed by atoms with Crippen LogP contribution in [-0.2, 0) is 10.3 Å². The molecule has 19 heavy (non-hydrogen) atoms. The first-order chi connectivity index (χ1) is 8.71. The monoisotopic (exact) mass is 261 g/mol.